The lowest BCUT2D eigenvalue weighted by Gasteiger charge is -2.45. The van der Waals surface area contributed by atoms with Gasteiger partial charge in [-0.15, -0.1) is 24.8 Å². The summed E-state index contributed by atoms with van der Waals surface area (Å²) in [4.78, 5) is 17.6. The highest BCUT2D eigenvalue weighted by atomic mass is 35.5. The minimum absolute atomic E-state index is 0. The van der Waals surface area contributed by atoms with Gasteiger partial charge in [-0.1, -0.05) is 11.6 Å². The molecule has 3 fully saturated rings. The number of rotatable bonds is 3. The molecule has 2 unspecified atom stereocenters. The van der Waals surface area contributed by atoms with Crippen molar-refractivity contribution in [1.82, 2.24) is 15.0 Å². The zero-order valence-electron chi connectivity index (χ0n) is 16.9. The number of hydrogen-bond acceptors (Lipinski definition) is 5. The van der Waals surface area contributed by atoms with Gasteiger partial charge in [-0.2, -0.15) is 0 Å². The average molecular weight is 433 g/mol. The molecule has 0 spiro atoms. The Morgan fingerprint density at radius 2 is 1.71 bits per heavy atom. The number of amides is 1. The van der Waals surface area contributed by atoms with Crippen molar-refractivity contribution in [3.63, 3.8) is 0 Å². The first kappa shape index (κ1) is 23.5. The van der Waals surface area contributed by atoms with Crippen molar-refractivity contribution in [2.75, 3.05) is 26.2 Å². The van der Waals surface area contributed by atoms with E-state index >= 15 is 0 Å². The fraction of sp³-hybridized carbons (Fsp3) is 0.800. The van der Waals surface area contributed by atoms with E-state index in [0.717, 1.165) is 57.0 Å². The van der Waals surface area contributed by atoms with Crippen molar-refractivity contribution < 1.29 is 9.32 Å². The predicted molar refractivity (Wildman–Crippen MR) is 114 cm³/mol. The van der Waals surface area contributed by atoms with Crippen molar-refractivity contribution in [3.8, 4) is 0 Å². The Labute approximate surface area is 180 Å². The molecule has 1 aromatic rings. The van der Waals surface area contributed by atoms with Crippen LogP contribution in [0.5, 0.6) is 0 Å². The van der Waals surface area contributed by atoms with E-state index in [1.54, 1.807) is 0 Å². The van der Waals surface area contributed by atoms with E-state index in [-0.39, 0.29) is 30.7 Å². The summed E-state index contributed by atoms with van der Waals surface area (Å²) in [5.41, 5.74) is 8.56. The lowest BCUT2D eigenvalue weighted by molar-refractivity contribution is -0.140. The summed E-state index contributed by atoms with van der Waals surface area (Å²) in [6.45, 7) is 8.35. The largest absolute Gasteiger partial charge is 0.361 e. The predicted octanol–water partition coefficient (Wildman–Crippen LogP) is 2.93. The Hall–Kier alpha value is -0.820. The number of aryl methyl sites for hydroxylation is 2. The molecule has 0 radical (unpaired) electrons. The van der Waals surface area contributed by atoms with Gasteiger partial charge >= 0.3 is 0 Å². The van der Waals surface area contributed by atoms with Crippen LogP contribution in [0, 0.1) is 31.6 Å². The highest BCUT2D eigenvalue weighted by Gasteiger charge is 2.41. The summed E-state index contributed by atoms with van der Waals surface area (Å²) in [6, 6.07) is 0.333. The van der Waals surface area contributed by atoms with E-state index in [1.165, 1.54) is 24.8 Å². The highest BCUT2D eigenvalue weighted by molar-refractivity contribution is 5.85. The van der Waals surface area contributed by atoms with Crippen LogP contribution >= 0.6 is 24.8 Å². The first-order chi connectivity index (χ1) is 12.5. The molecule has 1 aliphatic heterocycles. The number of carbonyl (C=O) groups excluding carboxylic acids is 1. The molecule has 8 heteroatoms. The number of nitrogens with two attached hydrogens (primary N) is 1. The van der Waals surface area contributed by atoms with E-state index in [2.05, 4.69) is 15.0 Å². The molecule has 6 nitrogen and oxygen atoms in total. The van der Waals surface area contributed by atoms with Crippen LogP contribution in [-0.2, 0) is 11.3 Å². The van der Waals surface area contributed by atoms with E-state index in [0.29, 0.717) is 23.8 Å². The molecule has 2 saturated carbocycles. The molecule has 4 rings (SSSR count). The molecule has 28 heavy (non-hydrogen) atoms. The molecule has 2 heterocycles. The van der Waals surface area contributed by atoms with E-state index in [4.69, 9.17) is 10.3 Å². The number of hydrogen-bond donors (Lipinski definition) is 1. The third kappa shape index (κ3) is 4.66. The van der Waals surface area contributed by atoms with Gasteiger partial charge in [-0.3, -0.25) is 9.69 Å². The maximum atomic E-state index is 13.1. The second-order valence-electron chi connectivity index (χ2n) is 8.60. The molecule has 1 saturated heterocycles. The van der Waals surface area contributed by atoms with Crippen LogP contribution in [-0.4, -0.2) is 53.1 Å². The Morgan fingerprint density at radius 3 is 2.25 bits per heavy atom. The van der Waals surface area contributed by atoms with Crippen LogP contribution in [0.4, 0.5) is 0 Å². The minimum atomic E-state index is 0. The second kappa shape index (κ2) is 9.79. The minimum Gasteiger partial charge on any atom is -0.361 e. The molecule has 2 bridgehead atoms. The summed E-state index contributed by atoms with van der Waals surface area (Å²) >= 11 is 0. The lowest BCUT2D eigenvalue weighted by atomic mass is 9.65. The standard InChI is InChI=1S/C20H32N4O2.2ClH/c1-13-18(14(2)26-22-13)12-23-6-8-24(9-7-23)20(25)17-10-15-4-3-5-16(11-17)19(15)21;;/h15-17,19H,3-12,21H2,1-2H3;2*1H. The number of halogens is 2. The molecule has 1 amide bonds. The van der Waals surface area contributed by atoms with Gasteiger partial charge in [0, 0.05) is 50.2 Å². The molecule has 2 atom stereocenters. The Balaban J connectivity index is 0.00000140. The first-order valence-corrected chi connectivity index (χ1v) is 10.2. The fourth-order valence-electron chi connectivity index (χ4n) is 5.33. The van der Waals surface area contributed by atoms with E-state index in [9.17, 15) is 4.79 Å². The molecular formula is C20H34Cl2N4O2. The van der Waals surface area contributed by atoms with Crippen LogP contribution in [0.3, 0.4) is 0 Å². The van der Waals surface area contributed by atoms with Gasteiger partial charge in [-0.25, -0.2) is 0 Å². The van der Waals surface area contributed by atoms with E-state index < -0.39 is 0 Å². The number of carbonyl (C=O) groups is 1. The Bertz CT molecular complexity index is 627. The van der Waals surface area contributed by atoms with Crippen LogP contribution in [0.15, 0.2) is 4.52 Å². The topological polar surface area (TPSA) is 75.6 Å². The summed E-state index contributed by atoms with van der Waals surface area (Å²) < 4.78 is 5.27. The maximum Gasteiger partial charge on any atom is 0.225 e. The number of nitrogens with zero attached hydrogens (tertiary/aromatic N) is 3. The summed E-state index contributed by atoms with van der Waals surface area (Å²) in [6.07, 6.45) is 5.75. The van der Waals surface area contributed by atoms with Gasteiger partial charge in [0.05, 0.1) is 5.69 Å². The number of aromatic nitrogens is 1. The smallest absolute Gasteiger partial charge is 0.225 e. The number of fused-ring (bicyclic) bond motifs is 2. The SMILES string of the molecule is Cc1noc(C)c1CN1CCN(C(=O)C2CC3CCCC(C2)C3N)CC1.Cl.Cl. The average Bonchev–Trinajstić information content (AvgIpc) is 2.93. The third-order valence-electron chi connectivity index (χ3n) is 7.01. The van der Waals surface area contributed by atoms with Gasteiger partial charge in [0.15, 0.2) is 0 Å². The fourth-order valence-corrected chi connectivity index (χ4v) is 5.33. The van der Waals surface area contributed by atoms with E-state index in [1.807, 2.05) is 13.8 Å². The second-order valence-corrected chi connectivity index (χ2v) is 8.60. The van der Waals surface area contributed by atoms with Crippen molar-refractivity contribution in [2.45, 2.75) is 58.5 Å². The van der Waals surface area contributed by atoms with Crippen molar-refractivity contribution in [2.24, 2.45) is 23.5 Å². The summed E-state index contributed by atoms with van der Waals surface area (Å²) in [7, 11) is 0. The van der Waals surface area contributed by atoms with Gasteiger partial charge in [-0.05, 0) is 51.4 Å². The number of piperazine rings is 1. The third-order valence-corrected chi connectivity index (χ3v) is 7.01. The van der Waals surface area contributed by atoms with Crippen molar-refractivity contribution in [3.05, 3.63) is 17.0 Å². The van der Waals surface area contributed by atoms with Crippen LogP contribution < -0.4 is 5.73 Å². The van der Waals surface area contributed by atoms with Crippen molar-refractivity contribution >= 4 is 30.7 Å². The first-order valence-electron chi connectivity index (χ1n) is 10.2. The van der Waals surface area contributed by atoms with Gasteiger partial charge in [0.25, 0.3) is 0 Å². The van der Waals surface area contributed by atoms with Gasteiger partial charge in [0.1, 0.15) is 5.76 Å². The molecule has 1 aromatic heterocycles. The summed E-state index contributed by atoms with van der Waals surface area (Å²) in [5.74, 6) is 2.63. The normalized spacial score (nSPS) is 30.3. The van der Waals surface area contributed by atoms with Crippen molar-refractivity contribution in [1.29, 1.82) is 0 Å². The monoisotopic (exact) mass is 432 g/mol. The Morgan fingerprint density at radius 1 is 1.11 bits per heavy atom. The molecule has 2 aliphatic carbocycles. The quantitative estimate of drug-likeness (QED) is 0.794. The van der Waals surface area contributed by atoms with Crippen LogP contribution in [0.2, 0.25) is 0 Å². The molecule has 160 valence electrons. The molecular weight excluding hydrogens is 399 g/mol. The van der Waals surface area contributed by atoms with Crippen LogP contribution in [0.1, 0.15) is 49.1 Å². The zero-order chi connectivity index (χ0) is 18.3. The Kier molecular flexibility index (Phi) is 8.20. The molecule has 2 N–H and O–H groups in total. The molecule has 3 aliphatic rings. The van der Waals surface area contributed by atoms with Gasteiger partial charge in [0.2, 0.25) is 5.91 Å². The lowest BCUT2D eigenvalue weighted by Crippen LogP contribution is -2.53. The zero-order valence-corrected chi connectivity index (χ0v) is 18.6. The maximum absolute atomic E-state index is 13.1. The highest BCUT2D eigenvalue weighted by Crippen LogP contribution is 2.42. The van der Waals surface area contributed by atoms with Crippen LogP contribution in [0.25, 0.3) is 0 Å². The molecule has 0 aromatic carbocycles. The summed E-state index contributed by atoms with van der Waals surface area (Å²) in [5, 5.41) is 4.04. The van der Waals surface area contributed by atoms with Gasteiger partial charge < -0.3 is 15.2 Å².